The van der Waals surface area contributed by atoms with Crippen LogP contribution in [0.25, 0.3) is 11.1 Å². The van der Waals surface area contributed by atoms with Gasteiger partial charge in [0.05, 0.1) is 11.3 Å². The van der Waals surface area contributed by atoms with Crippen LogP contribution in [0.4, 0.5) is 0 Å². The molecule has 54 heavy (non-hydrogen) atoms. The highest BCUT2D eigenvalue weighted by molar-refractivity contribution is 5.87. The molecule has 4 aliphatic rings. The maximum absolute atomic E-state index is 14.5. The third kappa shape index (κ3) is 4.54. The summed E-state index contributed by atoms with van der Waals surface area (Å²) in [6.45, 7) is 5.58. The highest BCUT2D eigenvalue weighted by Gasteiger charge is 2.64. The number of hydrogen-bond acceptors (Lipinski definition) is 6. The highest BCUT2D eigenvalue weighted by atomic mass is 16.5. The second-order valence-electron chi connectivity index (χ2n) is 14.3. The van der Waals surface area contributed by atoms with Gasteiger partial charge in [-0.05, 0) is 86.8 Å². The van der Waals surface area contributed by atoms with Crippen LogP contribution in [0, 0.1) is 12.8 Å². The van der Waals surface area contributed by atoms with Gasteiger partial charge in [0.2, 0.25) is 0 Å². The van der Waals surface area contributed by atoms with Crippen LogP contribution in [0.15, 0.2) is 152 Å². The minimum atomic E-state index is -1.05. The zero-order valence-corrected chi connectivity index (χ0v) is 30.3. The molecule has 0 fully saturated rings. The van der Waals surface area contributed by atoms with Gasteiger partial charge in [0, 0.05) is 26.7 Å². The number of fused-ring (bicyclic) bond motifs is 4. The predicted octanol–water partition coefficient (Wildman–Crippen LogP) is 9.17. The number of hydrogen-bond donors (Lipinski definition) is 0. The molecule has 6 aromatic rings. The van der Waals surface area contributed by atoms with E-state index in [0.717, 1.165) is 67.3 Å². The molecule has 0 spiro atoms. The van der Waals surface area contributed by atoms with Gasteiger partial charge in [-0.3, -0.25) is 4.79 Å². The molecule has 6 aromatic carbocycles. The molecular weight excluding hydrogens is 673 g/mol. The Morgan fingerprint density at radius 2 is 1.13 bits per heavy atom. The quantitative estimate of drug-likeness (QED) is 0.0890. The van der Waals surface area contributed by atoms with Crippen LogP contribution < -0.4 is 9.47 Å². The van der Waals surface area contributed by atoms with Crippen molar-refractivity contribution in [2.75, 3.05) is 14.2 Å². The van der Waals surface area contributed by atoms with Gasteiger partial charge in [0.15, 0.2) is 0 Å². The van der Waals surface area contributed by atoms with Crippen LogP contribution in [-0.2, 0) is 35.7 Å². The van der Waals surface area contributed by atoms with Gasteiger partial charge >= 0.3 is 11.9 Å². The van der Waals surface area contributed by atoms with E-state index < -0.39 is 28.5 Å². The van der Waals surface area contributed by atoms with E-state index in [-0.39, 0.29) is 5.97 Å². The van der Waals surface area contributed by atoms with Crippen LogP contribution in [0.1, 0.15) is 56.5 Å². The van der Waals surface area contributed by atoms with Crippen LogP contribution in [0.5, 0.6) is 11.5 Å². The lowest BCUT2D eigenvalue weighted by molar-refractivity contribution is -0.164. The Kier molecular flexibility index (Phi) is 7.82. The van der Waals surface area contributed by atoms with E-state index in [1.807, 2.05) is 66.7 Å². The zero-order valence-electron chi connectivity index (χ0n) is 30.3. The summed E-state index contributed by atoms with van der Waals surface area (Å²) in [5.74, 6) is -0.718. The molecule has 0 aromatic heterocycles. The van der Waals surface area contributed by atoms with E-state index in [2.05, 4.69) is 86.3 Å². The van der Waals surface area contributed by atoms with Crippen molar-refractivity contribution in [3.63, 3.8) is 0 Å². The molecule has 0 saturated heterocycles. The second kappa shape index (κ2) is 12.5. The Balaban J connectivity index is 1.12. The summed E-state index contributed by atoms with van der Waals surface area (Å²) in [7, 11) is 3.39. The molecule has 0 N–H and O–H groups in total. The average molecular weight is 711 g/mol. The van der Waals surface area contributed by atoms with Crippen molar-refractivity contribution in [2.24, 2.45) is 5.92 Å². The van der Waals surface area contributed by atoms with Crippen molar-refractivity contribution in [1.29, 1.82) is 0 Å². The minimum absolute atomic E-state index is 0.372. The second-order valence-corrected chi connectivity index (χ2v) is 14.3. The summed E-state index contributed by atoms with van der Waals surface area (Å²) in [6.07, 6.45) is 1.52. The molecule has 3 atom stereocenters. The SMILES string of the molecule is C=CC(=O)Oc1ccc(C2(c3ccc(OC(=O)C4CC5(OC)c6ccccc6C4(OC)c4ccc(C)cc45)cc3)c3ccccc3-c3ccccc32)cc1. The standard InChI is InChI=1S/C48H38O6/c1-5-44(49)53-33-23-19-31(20-24-33)47(37-14-8-6-12-35(37)36-13-7-9-15-38(36)47)32-21-25-34(26-22-32)54-45(50)43-29-46(51-3)39-16-10-11-17-40(39)48(43,52-4)41-27-18-30(2)28-42(41)46/h5-28,43H,1,29H2,2-4H3. The number of rotatable bonds is 8. The Morgan fingerprint density at radius 3 is 1.69 bits per heavy atom. The maximum atomic E-state index is 14.5. The van der Waals surface area contributed by atoms with E-state index in [9.17, 15) is 9.59 Å². The average Bonchev–Trinajstić information content (AvgIpc) is 3.52. The third-order valence-corrected chi connectivity index (χ3v) is 11.8. The van der Waals surface area contributed by atoms with Crippen LogP contribution in [0.3, 0.4) is 0 Å². The molecule has 4 aliphatic carbocycles. The van der Waals surface area contributed by atoms with E-state index in [4.69, 9.17) is 18.9 Å². The number of methoxy groups -OCH3 is 2. The predicted molar refractivity (Wildman–Crippen MR) is 207 cm³/mol. The number of carbonyl (C=O) groups is 2. The van der Waals surface area contributed by atoms with Crippen LogP contribution in [0.2, 0.25) is 0 Å². The first-order valence-corrected chi connectivity index (χ1v) is 18.1. The van der Waals surface area contributed by atoms with Crippen molar-refractivity contribution < 1.29 is 28.5 Å². The summed E-state index contributed by atoms with van der Waals surface area (Å²) < 4.78 is 24.6. The van der Waals surface area contributed by atoms with Crippen LogP contribution >= 0.6 is 0 Å². The van der Waals surface area contributed by atoms with Crippen molar-refractivity contribution in [1.82, 2.24) is 0 Å². The smallest absolute Gasteiger partial charge is 0.335 e. The topological polar surface area (TPSA) is 71.1 Å². The number of carbonyl (C=O) groups excluding carboxylic acids is 2. The normalized spacial score (nSPS) is 20.9. The first-order valence-electron chi connectivity index (χ1n) is 18.1. The summed E-state index contributed by atoms with van der Waals surface area (Å²) in [6, 6.07) is 46.7. The fraction of sp³-hybridized carbons (Fsp3) is 0.167. The molecule has 0 aliphatic heterocycles. The summed E-state index contributed by atoms with van der Waals surface area (Å²) in [5, 5.41) is 0. The van der Waals surface area contributed by atoms with Gasteiger partial charge in [-0.2, -0.15) is 0 Å². The van der Waals surface area contributed by atoms with Gasteiger partial charge in [-0.1, -0.05) is 127 Å². The lowest BCUT2D eigenvalue weighted by Gasteiger charge is -2.56. The molecule has 10 rings (SSSR count). The molecule has 266 valence electrons. The van der Waals surface area contributed by atoms with Crippen molar-refractivity contribution >= 4 is 11.9 Å². The van der Waals surface area contributed by atoms with E-state index in [1.54, 1.807) is 14.2 Å². The lowest BCUT2D eigenvalue weighted by Crippen LogP contribution is -2.59. The van der Waals surface area contributed by atoms with Gasteiger partial charge in [-0.15, -0.1) is 0 Å². The number of benzene rings is 6. The summed E-state index contributed by atoms with van der Waals surface area (Å²) in [5.41, 5.74) is 8.94. The number of ether oxygens (including phenoxy) is 4. The van der Waals surface area contributed by atoms with Gasteiger partial charge in [0.1, 0.15) is 22.7 Å². The summed E-state index contributed by atoms with van der Waals surface area (Å²) >= 11 is 0. The fourth-order valence-electron chi connectivity index (χ4n) is 9.62. The Bertz CT molecular complexity index is 2440. The minimum Gasteiger partial charge on any atom is -0.426 e. The molecule has 0 radical (unpaired) electrons. The first-order chi connectivity index (χ1) is 26.3. The molecule has 6 nitrogen and oxygen atoms in total. The molecule has 2 bridgehead atoms. The van der Waals surface area contributed by atoms with E-state index >= 15 is 0 Å². The maximum Gasteiger partial charge on any atom is 0.335 e. The van der Waals surface area contributed by atoms with Crippen molar-refractivity contribution in [2.45, 2.75) is 30.0 Å². The highest BCUT2D eigenvalue weighted by Crippen LogP contribution is 2.63. The molecule has 0 amide bonds. The third-order valence-electron chi connectivity index (χ3n) is 11.8. The molecule has 3 unspecified atom stereocenters. The Morgan fingerprint density at radius 1 is 0.611 bits per heavy atom. The molecular formula is C48H38O6. The van der Waals surface area contributed by atoms with Gasteiger partial charge in [-0.25, -0.2) is 4.79 Å². The molecule has 0 heterocycles. The Hall–Kier alpha value is -6.08. The fourth-order valence-corrected chi connectivity index (χ4v) is 9.62. The number of esters is 2. The van der Waals surface area contributed by atoms with Gasteiger partial charge < -0.3 is 18.9 Å². The molecule has 0 saturated carbocycles. The van der Waals surface area contributed by atoms with Crippen LogP contribution in [-0.4, -0.2) is 26.2 Å². The van der Waals surface area contributed by atoms with E-state index in [1.165, 1.54) is 0 Å². The van der Waals surface area contributed by atoms with Gasteiger partial charge in [0.25, 0.3) is 0 Å². The monoisotopic (exact) mass is 710 g/mol. The first kappa shape index (κ1) is 33.7. The van der Waals surface area contributed by atoms with Crippen molar-refractivity contribution in [3.05, 3.63) is 202 Å². The largest absolute Gasteiger partial charge is 0.426 e. The molecule has 6 heteroatoms. The Labute approximate surface area is 314 Å². The van der Waals surface area contributed by atoms with E-state index in [0.29, 0.717) is 17.9 Å². The van der Waals surface area contributed by atoms with Crippen molar-refractivity contribution in [3.8, 4) is 22.6 Å². The zero-order chi connectivity index (χ0) is 37.2. The summed E-state index contributed by atoms with van der Waals surface area (Å²) in [4.78, 5) is 26.5. The number of aryl methyl sites for hydroxylation is 1. The lowest BCUT2D eigenvalue weighted by atomic mass is 9.54.